The first-order valence-corrected chi connectivity index (χ1v) is 7.36. The fourth-order valence-electron chi connectivity index (χ4n) is 1.34. The number of hydrogen-bond donors (Lipinski definition) is 3. The topological polar surface area (TPSA) is 96.0 Å². The van der Waals surface area contributed by atoms with Gasteiger partial charge in [0.25, 0.3) is 0 Å². The van der Waals surface area contributed by atoms with Gasteiger partial charge in [0.1, 0.15) is 5.82 Å². The van der Waals surface area contributed by atoms with Gasteiger partial charge in [0.15, 0.2) is 0 Å². The van der Waals surface area contributed by atoms with E-state index in [-0.39, 0.29) is 5.75 Å². The molecule has 1 rings (SSSR count). The Morgan fingerprint density at radius 3 is 2.72 bits per heavy atom. The van der Waals surface area contributed by atoms with Gasteiger partial charge < -0.3 is 10.6 Å². The third kappa shape index (κ3) is 4.46. The second kappa shape index (κ2) is 6.50. The van der Waals surface area contributed by atoms with E-state index in [1.54, 1.807) is 20.2 Å². The lowest BCUT2D eigenvalue weighted by molar-refractivity contribution is 0.584. The van der Waals surface area contributed by atoms with Crippen LogP contribution >= 0.6 is 0 Å². The molecule has 102 valence electrons. The van der Waals surface area contributed by atoms with Crippen LogP contribution in [0.2, 0.25) is 0 Å². The minimum atomic E-state index is -3.20. The first kappa shape index (κ1) is 14.7. The molecule has 0 aliphatic rings. The van der Waals surface area contributed by atoms with Crippen LogP contribution in [0.1, 0.15) is 12.5 Å². The summed E-state index contributed by atoms with van der Waals surface area (Å²) in [6, 6.07) is 0. The number of nitrogens with zero attached hydrogens (tertiary/aromatic N) is 2. The summed E-state index contributed by atoms with van der Waals surface area (Å²) >= 11 is 0. The second-order valence-electron chi connectivity index (χ2n) is 3.72. The highest BCUT2D eigenvalue weighted by atomic mass is 32.2. The summed E-state index contributed by atoms with van der Waals surface area (Å²) in [5.41, 5.74) is 0.870. The number of nitrogens with one attached hydrogen (secondary N) is 3. The maximum Gasteiger partial charge on any atom is 0.224 e. The third-order valence-corrected chi connectivity index (χ3v) is 3.69. The summed E-state index contributed by atoms with van der Waals surface area (Å²) in [5.74, 6) is 1.15. The molecule has 0 atom stereocenters. The molecule has 0 saturated carbocycles. The van der Waals surface area contributed by atoms with Crippen LogP contribution in [0.3, 0.4) is 0 Å². The van der Waals surface area contributed by atoms with Gasteiger partial charge in [0, 0.05) is 31.9 Å². The van der Waals surface area contributed by atoms with Crippen molar-refractivity contribution in [1.29, 1.82) is 0 Å². The molecule has 0 saturated heterocycles. The molecule has 7 nitrogen and oxygen atoms in total. The Morgan fingerprint density at radius 2 is 2.11 bits per heavy atom. The summed E-state index contributed by atoms with van der Waals surface area (Å²) in [4.78, 5) is 8.26. The van der Waals surface area contributed by atoms with Crippen molar-refractivity contribution in [2.75, 3.05) is 36.5 Å². The van der Waals surface area contributed by atoms with Gasteiger partial charge in [-0.2, -0.15) is 4.98 Å². The standard InChI is InChI=1S/C10H19N5O2S/c1-4-14-18(16,17)6-5-12-9-8(2)7-13-10(11-3)15-9/h7,14H,4-6H2,1-3H3,(H2,11,12,13,15). The summed E-state index contributed by atoms with van der Waals surface area (Å²) < 4.78 is 25.3. The summed E-state index contributed by atoms with van der Waals surface area (Å²) in [6.45, 7) is 4.31. The highest BCUT2D eigenvalue weighted by Gasteiger charge is 2.09. The molecular weight excluding hydrogens is 254 g/mol. The van der Waals surface area contributed by atoms with E-state index in [9.17, 15) is 8.42 Å². The zero-order valence-corrected chi connectivity index (χ0v) is 11.6. The molecule has 0 radical (unpaired) electrons. The van der Waals surface area contributed by atoms with Gasteiger partial charge in [-0.15, -0.1) is 0 Å². The molecule has 18 heavy (non-hydrogen) atoms. The highest BCUT2D eigenvalue weighted by molar-refractivity contribution is 7.89. The minimum Gasteiger partial charge on any atom is -0.369 e. The van der Waals surface area contributed by atoms with Crippen molar-refractivity contribution in [2.45, 2.75) is 13.8 Å². The summed E-state index contributed by atoms with van der Waals surface area (Å²) in [7, 11) is -1.48. The van der Waals surface area contributed by atoms with Crippen molar-refractivity contribution >= 4 is 21.8 Å². The molecule has 0 fully saturated rings. The number of anilines is 2. The number of hydrogen-bond acceptors (Lipinski definition) is 6. The zero-order valence-electron chi connectivity index (χ0n) is 10.8. The molecule has 1 aromatic heterocycles. The van der Waals surface area contributed by atoms with Gasteiger partial charge in [-0.25, -0.2) is 18.1 Å². The van der Waals surface area contributed by atoms with E-state index in [0.29, 0.717) is 24.9 Å². The fourth-order valence-corrected chi connectivity index (χ4v) is 2.29. The third-order valence-electron chi connectivity index (χ3n) is 2.22. The van der Waals surface area contributed by atoms with E-state index in [1.165, 1.54) is 0 Å². The average molecular weight is 273 g/mol. The van der Waals surface area contributed by atoms with Crippen LogP contribution < -0.4 is 15.4 Å². The predicted octanol–water partition coefficient (Wildman–Crippen LogP) is 0.178. The molecule has 3 N–H and O–H groups in total. The average Bonchev–Trinajstić information content (AvgIpc) is 2.31. The van der Waals surface area contributed by atoms with Crippen molar-refractivity contribution in [1.82, 2.24) is 14.7 Å². The van der Waals surface area contributed by atoms with Gasteiger partial charge in [0.05, 0.1) is 5.75 Å². The van der Waals surface area contributed by atoms with Crippen LogP contribution in [0.4, 0.5) is 11.8 Å². The molecule has 0 amide bonds. The van der Waals surface area contributed by atoms with Crippen LogP contribution in [0.25, 0.3) is 0 Å². The smallest absolute Gasteiger partial charge is 0.224 e. The van der Waals surface area contributed by atoms with E-state index in [4.69, 9.17) is 0 Å². The summed E-state index contributed by atoms with van der Waals surface area (Å²) in [6.07, 6.45) is 1.68. The van der Waals surface area contributed by atoms with Crippen molar-refractivity contribution in [3.05, 3.63) is 11.8 Å². The Labute approximate surface area is 107 Å². The lowest BCUT2D eigenvalue weighted by Crippen LogP contribution is -2.29. The maximum atomic E-state index is 11.4. The highest BCUT2D eigenvalue weighted by Crippen LogP contribution is 2.11. The first-order chi connectivity index (χ1) is 8.48. The van der Waals surface area contributed by atoms with E-state index < -0.39 is 10.0 Å². The van der Waals surface area contributed by atoms with Crippen LogP contribution in [0, 0.1) is 6.92 Å². The van der Waals surface area contributed by atoms with Crippen LogP contribution in [0.15, 0.2) is 6.20 Å². The van der Waals surface area contributed by atoms with Crippen LogP contribution in [-0.2, 0) is 10.0 Å². The number of rotatable bonds is 7. The SMILES string of the molecule is CCNS(=O)(=O)CCNc1nc(NC)ncc1C. The minimum absolute atomic E-state index is 0.0131. The number of sulfonamides is 1. The van der Waals surface area contributed by atoms with E-state index in [1.807, 2.05) is 6.92 Å². The first-order valence-electron chi connectivity index (χ1n) is 5.71. The second-order valence-corrected chi connectivity index (χ2v) is 5.65. The van der Waals surface area contributed by atoms with Crippen LogP contribution in [-0.4, -0.2) is 44.3 Å². The fraction of sp³-hybridized carbons (Fsp3) is 0.600. The van der Waals surface area contributed by atoms with Gasteiger partial charge in [0.2, 0.25) is 16.0 Å². The largest absolute Gasteiger partial charge is 0.369 e. The van der Waals surface area contributed by atoms with Crippen LogP contribution in [0.5, 0.6) is 0 Å². The molecule has 0 aliphatic heterocycles. The van der Waals surface area contributed by atoms with Crippen molar-refractivity contribution in [3.63, 3.8) is 0 Å². The lowest BCUT2D eigenvalue weighted by atomic mass is 10.3. The molecule has 0 unspecified atom stereocenters. The van der Waals surface area contributed by atoms with Gasteiger partial charge in [-0.3, -0.25) is 0 Å². The van der Waals surface area contributed by atoms with Gasteiger partial charge in [-0.1, -0.05) is 6.92 Å². The zero-order chi connectivity index (χ0) is 13.6. The molecule has 1 heterocycles. The molecule has 0 spiro atoms. The molecule has 0 bridgehead atoms. The Kier molecular flexibility index (Phi) is 5.29. The normalized spacial score (nSPS) is 11.3. The Morgan fingerprint density at radius 1 is 1.39 bits per heavy atom. The van der Waals surface area contributed by atoms with Crippen molar-refractivity contribution in [3.8, 4) is 0 Å². The quantitative estimate of drug-likeness (QED) is 0.656. The summed E-state index contributed by atoms with van der Waals surface area (Å²) in [5, 5.41) is 5.82. The Balaban J connectivity index is 2.58. The molecule has 1 aromatic rings. The molecule has 0 aromatic carbocycles. The molecular formula is C10H19N5O2S. The lowest BCUT2D eigenvalue weighted by Gasteiger charge is -2.10. The number of aryl methyl sites for hydroxylation is 1. The van der Waals surface area contributed by atoms with E-state index in [2.05, 4.69) is 25.3 Å². The monoisotopic (exact) mass is 273 g/mol. The van der Waals surface area contributed by atoms with Crippen molar-refractivity contribution < 1.29 is 8.42 Å². The predicted molar refractivity (Wildman–Crippen MR) is 72.3 cm³/mol. The maximum absolute atomic E-state index is 11.4. The Hall–Kier alpha value is -1.41. The number of aromatic nitrogens is 2. The van der Waals surface area contributed by atoms with Gasteiger partial charge in [-0.05, 0) is 6.92 Å². The van der Waals surface area contributed by atoms with Crippen molar-refractivity contribution in [2.24, 2.45) is 0 Å². The van der Waals surface area contributed by atoms with E-state index in [0.717, 1.165) is 5.56 Å². The van der Waals surface area contributed by atoms with E-state index >= 15 is 0 Å². The Bertz CT molecular complexity index is 489. The molecule has 8 heteroatoms. The van der Waals surface area contributed by atoms with Gasteiger partial charge >= 0.3 is 0 Å². The molecule has 0 aliphatic carbocycles.